The van der Waals surface area contributed by atoms with Crippen LogP contribution in [-0.4, -0.2) is 62.2 Å². The van der Waals surface area contributed by atoms with E-state index in [4.69, 9.17) is 9.47 Å². The second kappa shape index (κ2) is 10.1. The molecule has 9 nitrogen and oxygen atoms in total. The van der Waals surface area contributed by atoms with Crippen LogP contribution < -0.4 is 4.74 Å². The highest BCUT2D eigenvalue weighted by molar-refractivity contribution is 5.92. The van der Waals surface area contributed by atoms with Crippen molar-refractivity contribution in [3.05, 3.63) is 60.3 Å². The van der Waals surface area contributed by atoms with Gasteiger partial charge in [-0.25, -0.2) is 19.3 Å². The number of H-pyrrole nitrogens is 1. The third kappa shape index (κ3) is 5.38. The number of hydrogen-bond acceptors (Lipinski definition) is 7. The van der Waals surface area contributed by atoms with Crippen molar-refractivity contribution in [3.63, 3.8) is 0 Å². The van der Waals surface area contributed by atoms with Gasteiger partial charge >= 0.3 is 0 Å². The van der Waals surface area contributed by atoms with E-state index < -0.39 is 5.82 Å². The van der Waals surface area contributed by atoms with Gasteiger partial charge in [0.05, 0.1) is 17.9 Å². The largest absolute Gasteiger partial charge is 0.508 e. The lowest BCUT2D eigenvalue weighted by Gasteiger charge is -2.30. The number of pyridine rings is 2. The molecule has 180 valence electrons. The second-order valence-electron chi connectivity index (χ2n) is 8.27. The number of likely N-dealkylation sites (tertiary alicyclic amines) is 1. The standard InChI is InChI=1S/C21H16FN5O3.C4H8O/c22-13-8-18-20(24-10-13)26-19(25-18)12-6-14(28)9-16(7-12)30-15-2-3-17(23-11-15)21(29)27-4-1-5-27;1-2-4-5-3-1/h2-3,6-11,28H,1,4-5H2,(H,24,25,26);1-4H2. The first-order chi connectivity index (χ1) is 17.0. The first-order valence-corrected chi connectivity index (χ1v) is 11.4. The van der Waals surface area contributed by atoms with E-state index in [9.17, 15) is 14.3 Å². The molecule has 2 saturated heterocycles. The van der Waals surface area contributed by atoms with E-state index in [0.29, 0.717) is 39.7 Å². The van der Waals surface area contributed by atoms with Gasteiger partial charge in [-0.1, -0.05) is 0 Å². The lowest BCUT2D eigenvalue weighted by molar-refractivity contribution is 0.0645. The summed E-state index contributed by atoms with van der Waals surface area (Å²) in [7, 11) is 0. The average Bonchev–Trinajstić information content (AvgIpc) is 3.51. The number of benzene rings is 1. The van der Waals surface area contributed by atoms with Crippen molar-refractivity contribution in [1.82, 2.24) is 24.8 Å². The van der Waals surface area contributed by atoms with Crippen LogP contribution in [0.2, 0.25) is 0 Å². The quantitative estimate of drug-likeness (QED) is 0.451. The number of aromatic amines is 1. The molecule has 2 aliphatic rings. The number of amides is 1. The number of halogens is 1. The number of phenols is 1. The molecule has 0 spiro atoms. The number of carbonyl (C=O) groups is 1. The number of nitrogens with one attached hydrogen (secondary N) is 1. The number of rotatable bonds is 4. The molecule has 10 heteroatoms. The average molecular weight is 477 g/mol. The lowest BCUT2D eigenvalue weighted by atomic mass is 10.2. The molecule has 1 aromatic carbocycles. The van der Waals surface area contributed by atoms with Crippen molar-refractivity contribution in [2.75, 3.05) is 26.3 Å². The SMILES string of the molecule is C1CCOC1.O=C(c1ccc(Oc2cc(O)cc(-c3nc4ncc(F)cc4[nH]3)c2)cn1)N1CCC1. The minimum Gasteiger partial charge on any atom is -0.508 e. The number of hydrogen-bond donors (Lipinski definition) is 2. The molecule has 0 aliphatic carbocycles. The smallest absolute Gasteiger partial charge is 0.272 e. The van der Waals surface area contributed by atoms with Crippen LogP contribution in [0.1, 0.15) is 29.8 Å². The predicted molar refractivity (Wildman–Crippen MR) is 126 cm³/mol. The van der Waals surface area contributed by atoms with Gasteiger partial charge in [-0.05, 0) is 43.5 Å². The molecule has 0 radical (unpaired) electrons. The summed E-state index contributed by atoms with van der Waals surface area (Å²) in [5, 5.41) is 10.1. The van der Waals surface area contributed by atoms with Crippen molar-refractivity contribution in [2.45, 2.75) is 19.3 Å². The minimum atomic E-state index is -0.471. The monoisotopic (exact) mass is 477 g/mol. The molecule has 2 aliphatic heterocycles. The predicted octanol–water partition coefficient (Wildman–Crippen LogP) is 4.30. The zero-order valence-corrected chi connectivity index (χ0v) is 18.9. The molecule has 6 rings (SSSR count). The van der Waals surface area contributed by atoms with Gasteiger partial charge in [-0.15, -0.1) is 0 Å². The zero-order valence-electron chi connectivity index (χ0n) is 18.9. The number of aromatic hydroxyl groups is 1. The Kier molecular flexibility index (Phi) is 6.53. The molecule has 5 heterocycles. The Morgan fingerprint density at radius 3 is 2.51 bits per heavy atom. The van der Waals surface area contributed by atoms with Gasteiger partial charge in [-0.2, -0.15) is 0 Å². The van der Waals surface area contributed by atoms with Crippen molar-refractivity contribution >= 4 is 17.1 Å². The number of ether oxygens (including phenoxy) is 2. The van der Waals surface area contributed by atoms with Crippen LogP contribution in [0.15, 0.2) is 48.8 Å². The molecule has 0 atom stereocenters. The van der Waals surface area contributed by atoms with Gasteiger partial charge in [0.1, 0.15) is 34.6 Å². The van der Waals surface area contributed by atoms with Crippen LogP contribution in [0.3, 0.4) is 0 Å². The van der Waals surface area contributed by atoms with Gasteiger partial charge in [0, 0.05) is 44.0 Å². The van der Waals surface area contributed by atoms with Gasteiger partial charge in [0.25, 0.3) is 5.91 Å². The minimum absolute atomic E-state index is 0.0281. The summed E-state index contributed by atoms with van der Waals surface area (Å²) in [4.78, 5) is 29.3. The van der Waals surface area contributed by atoms with Crippen LogP contribution >= 0.6 is 0 Å². The lowest BCUT2D eigenvalue weighted by Crippen LogP contribution is -2.42. The molecular formula is C25H24FN5O4. The summed E-state index contributed by atoms with van der Waals surface area (Å²) in [6.45, 7) is 3.52. The van der Waals surface area contributed by atoms with Crippen molar-refractivity contribution in [3.8, 4) is 28.6 Å². The van der Waals surface area contributed by atoms with E-state index in [1.165, 1.54) is 37.2 Å². The summed E-state index contributed by atoms with van der Waals surface area (Å²) in [5.41, 5.74) is 1.72. The number of imidazole rings is 1. The van der Waals surface area contributed by atoms with E-state index in [1.54, 1.807) is 23.1 Å². The highest BCUT2D eigenvalue weighted by Crippen LogP contribution is 2.31. The fourth-order valence-corrected chi connectivity index (χ4v) is 3.69. The van der Waals surface area contributed by atoms with Crippen molar-refractivity contribution in [1.29, 1.82) is 0 Å². The van der Waals surface area contributed by atoms with E-state index >= 15 is 0 Å². The Labute approximate surface area is 200 Å². The summed E-state index contributed by atoms with van der Waals surface area (Å²) < 4.78 is 24.1. The molecule has 2 N–H and O–H groups in total. The Morgan fingerprint density at radius 2 is 1.86 bits per heavy atom. The number of fused-ring (bicyclic) bond motifs is 1. The van der Waals surface area contributed by atoms with Crippen LogP contribution in [0, 0.1) is 5.82 Å². The zero-order chi connectivity index (χ0) is 24.2. The van der Waals surface area contributed by atoms with Gasteiger partial charge in [0.2, 0.25) is 0 Å². The number of aromatic nitrogens is 4. The molecule has 0 unspecified atom stereocenters. The molecule has 1 amide bonds. The summed E-state index contributed by atoms with van der Waals surface area (Å²) in [6.07, 6.45) is 6.13. The fourth-order valence-electron chi connectivity index (χ4n) is 3.69. The van der Waals surface area contributed by atoms with E-state index in [2.05, 4.69) is 19.9 Å². The Morgan fingerprint density at radius 1 is 1.03 bits per heavy atom. The van der Waals surface area contributed by atoms with Crippen molar-refractivity contribution in [2.24, 2.45) is 0 Å². The second-order valence-corrected chi connectivity index (χ2v) is 8.27. The third-order valence-corrected chi connectivity index (χ3v) is 5.63. The van der Waals surface area contributed by atoms with Crippen molar-refractivity contribution < 1.29 is 23.8 Å². The Hall–Kier alpha value is -4.05. The van der Waals surface area contributed by atoms with Crippen LogP contribution in [0.5, 0.6) is 17.2 Å². The molecule has 4 aromatic rings. The summed E-state index contributed by atoms with van der Waals surface area (Å²) in [5.74, 6) is 0.592. The topological polar surface area (TPSA) is 113 Å². The maximum absolute atomic E-state index is 13.4. The van der Waals surface area contributed by atoms with E-state index in [1.807, 2.05) is 0 Å². The highest BCUT2D eigenvalue weighted by Gasteiger charge is 2.22. The maximum Gasteiger partial charge on any atom is 0.272 e. The van der Waals surface area contributed by atoms with E-state index in [0.717, 1.165) is 38.9 Å². The van der Waals surface area contributed by atoms with Gasteiger partial charge in [-0.3, -0.25) is 4.79 Å². The van der Waals surface area contributed by atoms with E-state index in [-0.39, 0.29) is 11.7 Å². The maximum atomic E-state index is 13.4. The Bertz CT molecular complexity index is 1330. The first kappa shape index (κ1) is 22.7. The van der Waals surface area contributed by atoms with Crippen LogP contribution in [0.25, 0.3) is 22.6 Å². The number of phenolic OH excluding ortho intramolecular Hbond substituents is 1. The van der Waals surface area contributed by atoms with Gasteiger partial charge < -0.3 is 24.5 Å². The third-order valence-electron chi connectivity index (χ3n) is 5.63. The number of nitrogens with zero attached hydrogens (tertiary/aromatic N) is 4. The molecule has 35 heavy (non-hydrogen) atoms. The molecule has 0 saturated carbocycles. The summed E-state index contributed by atoms with van der Waals surface area (Å²) in [6, 6.07) is 9.19. The fraction of sp³-hybridized carbons (Fsp3) is 0.280. The number of carbonyl (C=O) groups excluding carboxylic acids is 1. The van der Waals surface area contributed by atoms with Crippen LogP contribution in [-0.2, 0) is 4.74 Å². The molecular weight excluding hydrogens is 453 g/mol. The first-order valence-electron chi connectivity index (χ1n) is 11.4. The normalized spacial score (nSPS) is 14.8. The molecule has 3 aromatic heterocycles. The molecule has 2 fully saturated rings. The summed E-state index contributed by atoms with van der Waals surface area (Å²) >= 11 is 0. The Balaban J connectivity index is 0.000000453. The molecule has 0 bridgehead atoms. The van der Waals surface area contributed by atoms with Crippen LogP contribution in [0.4, 0.5) is 4.39 Å². The highest BCUT2D eigenvalue weighted by atomic mass is 19.1. The van der Waals surface area contributed by atoms with Gasteiger partial charge in [0.15, 0.2) is 5.65 Å².